The highest BCUT2D eigenvalue weighted by Crippen LogP contribution is 2.34. The van der Waals surface area contributed by atoms with E-state index in [9.17, 15) is 4.79 Å². The van der Waals surface area contributed by atoms with E-state index >= 15 is 0 Å². The third kappa shape index (κ3) is 3.40. The molecule has 0 unspecified atom stereocenters. The van der Waals surface area contributed by atoms with Gasteiger partial charge in [0.1, 0.15) is 0 Å². The summed E-state index contributed by atoms with van der Waals surface area (Å²) < 4.78 is -1.87. The van der Waals surface area contributed by atoms with Gasteiger partial charge in [-0.1, -0.05) is 78.3 Å². The molecule has 0 bridgehead atoms. The number of rotatable bonds is 2. The van der Waals surface area contributed by atoms with Crippen LogP contribution in [0.2, 0.25) is 0 Å². The molecule has 1 aromatic carbocycles. The highest BCUT2D eigenvalue weighted by atomic mass is 35.6. The summed E-state index contributed by atoms with van der Waals surface area (Å²) in [5.74, 6) is 0.151. The highest BCUT2D eigenvalue weighted by molar-refractivity contribution is 6.77. The van der Waals surface area contributed by atoms with Crippen molar-refractivity contribution in [3.8, 4) is 0 Å². The van der Waals surface area contributed by atoms with Gasteiger partial charge in [0.2, 0.25) is 5.78 Å². The van der Waals surface area contributed by atoms with E-state index in [0.717, 1.165) is 0 Å². The van der Waals surface area contributed by atoms with Crippen LogP contribution in [0.25, 0.3) is 0 Å². The van der Waals surface area contributed by atoms with Crippen molar-refractivity contribution in [2.75, 3.05) is 0 Å². The molecule has 0 heterocycles. The summed E-state index contributed by atoms with van der Waals surface area (Å²) in [5, 5.41) is 0. The van der Waals surface area contributed by atoms with E-state index in [2.05, 4.69) is 0 Å². The first kappa shape index (κ1) is 14.2. The summed E-state index contributed by atoms with van der Waals surface area (Å²) in [6.45, 7) is 0. The van der Waals surface area contributed by atoms with Gasteiger partial charge in [0.15, 0.2) is 0 Å². The molecule has 2 rings (SSSR count). The standard InChI is InChI=1S/C14H15Cl3O/c15-14(16,17)13(18)12-8-6-11(7-9-12)10-4-2-1-3-5-10/h6-10H,1-5H2. The summed E-state index contributed by atoms with van der Waals surface area (Å²) in [4.78, 5) is 11.8. The number of carbonyl (C=O) groups excluding carboxylic acids is 1. The molecule has 0 aromatic heterocycles. The molecule has 0 radical (unpaired) electrons. The van der Waals surface area contributed by atoms with Crippen LogP contribution >= 0.6 is 34.8 Å². The molecular weight excluding hydrogens is 291 g/mol. The van der Waals surface area contributed by atoms with E-state index in [1.54, 1.807) is 12.1 Å². The monoisotopic (exact) mass is 304 g/mol. The Morgan fingerprint density at radius 3 is 2.06 bits per heavy atom. The van der Waals surface area contributed by atoms with Gasteiger partial charge in [-0.05, 0) is 24.3 Å². The molecule has 1 fully saturated rings. The minimum absolute atomic E-state index is 0.453. The molecule has 0 saturated heterocycles. The summed E-state index contributed by atoms with van der Waals surface area (Å²) in [5.41, 5.74) is 1.74. The van der Waals surface area contributed by atoms with Gasteiger partial charge in [0, 0.05) is 5.56 Å². The molecular formula is C14H15Cl3O. The van der Waals surface area contributed by atoms with Crippen LogP contribution < -0.4 is 0 Å². The smallest absolute Gasteiger partial charge is 0.253 e. The van der Waals surface area contributed by atoms with Gasteiger partial charge in [-0.2, -0.15) is 0 Å². The fraction of sp³-hybridized carbons (Fsp3) is 0.500. The van der Waals surface area contributed by atoms with Crippen molar-refractivity contribution in [2.24, 2.45) is 0 Å². The maximum absolute atomic E-state index is 11.8. The molecule has 1 aliphatic carbocycles. The second kappa shape index (κ2) is 5.81. The number of carbonyl (C=O) groups is 1. The third-order valence-electron chi connectivity index (χ3n) is 3.51. The Balaban J connectivity index is 2.12. The molecule has 0 spiro atoms. The number of alkyl halides is 3. The van der Waals surface area contributed by atoms with Crippen LogP contribution in [0.1, 0.15) is 53.9 Å². The minimum Gasteiger partial charge on any atom is -0.289 e. The zero-order valence-electron chi connectivity index (χ0n) is 9.96. The molecule has 0 amide bonds. The second-order valence-corrected chi connectivity index (χ2v) is 7.07. The fourth-order valence-corrected chi connectivity index (χ4v) is 2.83. The van der Waals surface area contributed by atoms with E-state index in [-0.39, 0.29) is 0 Å². The predicted octanol–water partition coefficient (Wildman–Crippen LogP) is 5.29. The van der Waals surface area contributed by atoms with Crippen LogP contribution in [0, 0.1) is 0 Å². The Labute approximate surface area is 122 Å². The fourth-order valence-electron chi connectivity index (χ4n) is 2.51. The molecule has 0 N–H and O–H groups in total. The maximum Gasteiger partial charge on any atom is 0.253 e. The van der Waals surface area contributed by atoms with E-state index in [1.165, 1.54) is 37.7 Å². The van der Waals surface area contributed by atoms with Gasteiger partial charge in [-0.15, -0.1) is 0 Å². The predicted molar refractivity (Wildman–Crippen MR) is 76.9 cm³/mol. The lowest BCUT2D eigenvalue weighted by atomic mass is 9.84. The first-order valence-electron chi connectivity index (χ1n) is 6.20. The number of halogens is 3. The van der Waals surface area contributed by atoms with Crippen molar-refractivity contribution >= 4 is 40.6 Å². The van der Waals surface area contributed by atoms with Gasteiger partial charge in [0.05, 0.1) is 0 Å². The molecule has 1 aromatic rings. The van der Waals surface area contributed by atoms with Crippen molar-refractivity contribution < 1.29 is 4.79 Å². The lowest BCUT2D eigenvalue weighted by Gasteiger charge is -2.22. The van der Waals surface area contributed by atoms with Crippen molar-refractivity contribution in [1.82, 2.24) is 0 Å². The number of benzene rings is 1. The average Bonchev–Trinajstić information content (AvgIpc) is 2.38. The van der Waals surface area contributed by atoms with E-state index in [0.29, 0.717) is 11.5 Å². The number of hydrogen-bond acceptors (Lipinski definition) is 1. The molecule has 0 aliphatic heterocycles. The summed E-state index contributed by atoms with van der Waals surface area (Å²) in [6.07, 6.45) is 6.38. The van der Waals surface area contributed by atoms with E-state index < -0.39 is 9.58 Å². The maximum atomic E-state index is 11.8. The first-order chi connectivity index (χ1) is 8.48. The molecule has 4 heteroatoms. The molecule has 1 aliphatic rings. The van der Waals surface area contributed by atoms with Gasteiger partial charge in [0.25, 0.3) is 3.79 Å². The molecule has 1 saturated carbocycles. The lowest BCUT2D eigenvalue weighted by Crippen LogP contribution is -2.18. The van der Waals surface area contributed by atoms with Crippen molar-refractivity contribution in [3.63, 3.8) is 0 Å². The largest absolute Gasteiger partial charge is 0.289 e. The zero-order valence-corrected chi connectivity index (χ0v) is 12.2. The first-order valence-corrected chi connectivity index (χ1v) is 7.33. The van der Waals surface area contributed by atoms with Crippen molar-refractivity contribution in [1.29, 1.82) is 0 Å². The number of hydrogen-bond donors (Lipinski definition) is 0. The van der Waals surface area contributed by atoms with Gasteiger partial charge >= 0.3 is 0 Å². The Bertz CT molecular complexity index is 414. The van der Waals surface area contributed by atoms with Crippen LogP contribution in [0.15, 0.2) is 24.3 Å². The van der Waals surface area contributed by atoms with Crippen molar-refractivity contribution in [2.45, 2.75) is 41.8 Å². The molecule has 1 nitrogen and oxygen atoms in total. The van der Waals surface area contributed by atoms with Crippen LogP contribution in [0.4, 0.5) is 0 Å². The van der Waals surface area contributed by atoms with Crippen LogP contribution in [0.5, 0.6) is 0 Å². The van der Waals surface area contributed by atoms with Gasteiger partial charge < -0.3 is 0 Å². The third-order valence-corrected chi connectivity index (χ3v) is 4.02. The number of Topliss-reactive ketones (excluding diaryl/α,β-unsaturated/α-hetero) is 1. The van der Waals surface area contributed by atoms with Gasteiger partial charge in [-0.3, -0.25) is 4.79 Å². The lowest BCUT2D eigenvalue weighted by molar-refractivity contribution is 0.0996. The van der Waals surface area contributed by atoms with Crippen LogP contribution in [0.3, 0.4) is 0 Å². The SMILES string of the molecule is O=C(c1ccc(C2CCCCC2)cc1)C(Cl)(Cl)Cl. The zero-order chi connectivity index (χ0) is 13.2. The van der Waals surface area contributed by atoms with Crippen molar-refractivity contribution in [3.05, 3.63) is 35.4 Å². The topological polar surface area (TPSA) is 17.1 Å². The Hall–Kier alpha value is -0.240. The van der Waals surface area contributed by atoms with Crippen LogP contribution in [-0.4, -0.2) is 9.58 Å². The van der Waals surface area contributed by atoms with Gasteiger partial charge in [-0.25, -0.2) is 0 Å². The Morgan fingerprint density at radius 1 is 1.00 bits per heavy atom. The Morgan fingerprint density at radius 2 is 1.56 bits per heavy atom. The molecule has 0 atom stereocenters. The summed E-state index contributed by atoms with van der Waals surface area (Å²) in [7, 11) is 0. The highest BCUT2D eigenvalue weighted by Gasteiger charge is 2.31. The molecule has 18 heavy (non-hydrogen) atoms. The summed E-state index contributed by atoms with van der Waals surface area (Å²) in [6, 6.07) is 7.49. The number of ketones is 1. The van der Waals surface area contributed by atoms with E-state index in [4.69, 9.17) is 34.8 Å². The second-order valence-electron chi connectivity index (χ2n) is 4.78. The normalized spacial score (nSPS) is 17.7. The average molecular weight is 306 g/mol. The van der Waals surface area contributed by atoms with E-state index in [1.807, 2.05) is 12.1 Å². The van der Waals surface area contributed by atoms with Crippen LogP contribution in [-0.2, 0) is 0 Å². The molecule has 98 valence electrons. The minimum atomic E-state index is -1.87. The summed E-state index contributed by atoms with van der Waals surface area (Å²) >= 11 is 16.8. The Kier molecular flexibility index (Phi) is 4.58. The quantitative estimate of drug-likeness (QED) is 0.536.